The Balaban J connectivity index is 1.74. The van der Waals surface area contributed by atoms with Gasteiger partial charge in [0, 0.05) is 23.5 Å². The molecule has 4 rings (SSSR count). The second-order valence-electron chi connectivity index (χ2n) is 9.06. The number of nitrogens with one attached hydrogen (secondary N) is 1. The van der Waals surface area contributed by atoms with Crippen molar-refractivity contribution < 1.29 is 18.4 Å². The van der Waals surface area contributed by atoms with Gasteiger partial charge in [-0.1, -0.05) is 17.3 Å². The van der Waals surface area contributed by atoms with Gasteiger partial charge in [0.25, 0.3) is 5.91 Å². The van der Waals surface area contributed by atoms with Gasteiger partial charge >= 0.3 is 0 Å². The third-order valence-electron chi connectivity index (χ3n) is 6.22. The van der Waals surface area contributed by atoms with Crippen LogP contribution in [-0.4, -0.2) is 28.3 Å². The van der Waals surface area contributed by atoms with Crippen molar-refractivity contribution in [1.82, 2.24) is 15.5 Å². The molecular formula is C26H30FN3O3. The van der Waals surface area contributed by atoms with Crippen molar-refractivity contribution >= 4 is 5.91 Å². The van der Waals surface area contributed by atoms with Crippen LogP contribution in [0.5, 0.6) is 0 Å². The van der Waals surface area contributed by atoms with E-state index >= 15 is 4.39 Å². The molecule has 0 saturated carbocycles. The zero-order valence-corrected chi connectivity index (χ0v) is 19.7. The first-order chi connectivity index (χ1) is 15.7. The van der Waals surface area contributed by atoms with Gasteiger partial charge in [-0.25, -0.2) is 4.39 Å². The predicted molar refractivity (Wildman–Crippen MR) is 123 cm³/mol. The molecule has 3 aromatic rings. The lowest BCUT2D eigenvalue weighted by atomic mass is 9.83. The summed E-state index contributed by atoms with van der Waals surface area (Å²) in [6.07, 6.45) is 2.98. The summed E-state index contributed by atoms with van der Waals surface area (Å²) in [5.74, 6) is -0.554. The minimum absolute atomic E-state index is 0.0488. The summed E-state index contributed by atoms with van der Waals surface area (Å²) < 4.78 is 26.8. The molecule has 1 fully saturated rings. The SMILES string of the molecule is Cc1cc(-c2ccc(C3CC(C)OC(C)C3)c(F)c2CNC(=O)c2conc2C)cc(C)n1. The van der Waals surface area contributed by atoms with Gasteiger partial charge in [0.2, 0.25) is 0 Å². The van der Waals surface area contributed by atoms with Crippen LogP contribution in [0.2, 0.25) is 0 Å². The summed E-state index contributed by atoms with van der Waals surface area (Å²) in [5, 5.41) is 6.61. The quantitative estimate of drug-likeness (QED) is 0.562. The van der Waals surface area contributed by atoms with Gasteiger partial charge in [-0.05, 0) is 82.2 Å². The number of hydrogen-bond acceptors (Lipinski definition) is 5. The van der Waals surface area contributed by atoms with Crippen molar-refractivity contribution in [2.75, 3.05) is 0 Å². The highest BCUT2D eigenvalue weighted by Crippen LogP contribution is 2.38. The van der Waals surface area contributed by atoms with Crippen molar-refractivity contribution in [2.45, 2.75) is 72.1 Å². The Labute approximate surface area is 193 Å². The molecule has 33 heavy (non-hydrogen) atoms. The van der Waals surface area contributed by atoms with E-state index in [4.69, 9.17) is 9.26 Å². The molecule has 2 unspecified atom stereocenters. The minimum Gasteiger partial charge on any atom is -0.376 e. The normalized spacial score (nSPS) is 20.6. The fraction of sp³-hybridized carbons (Fsp3) is 0.423. The Bertz CT molecular complexity index is 1140. The average molecular weight is 452 g/mol. The highest BCUT2D eigenvalue weighted by atomic mass is 19.1. The van der Waals surface area contributed by atoms with Crippen LogP contribution < -0.4 is 5.32 Å². The number of halogens is 1. The Hall–Kier alpha value is -3.06. The highest BCUT2D eigenvalue weighted by molar-refractivity contribution is 5.94. The van der Waals surface area contributed by atoms with E-state index in [-0.39, 0.29) is 36.4 Å². The molecule has 1 N–H and O–H groups in total. The molecule has 2 aromatic heterocycles. The number of benzene rings is 1. The van der Waals surface area contributed by atoms with Crippen molar-refractivity contribution in [3.8, 4) is 11.1 Å². The van der Waals surface area contributed by atoms with Gasteiger partial charge in [-0.3, -0.25) is 9.78 Å². The summed E-state index contributed by atoms with van der Waals surface area (Å²) >= 11 is 0. The van der Waals surface area contributed by atoms with E-state index < -0.39 is 0 Å². The van der Waals surface area contributed by atoms with Crippen molar-refractivity contribution in [1.29, 1.82) is 0 Å². The number of aromatic nitrogens is 2. The number of aryl methyl sites for hydroxylation is 3. The first-order valence-electron chi connectivity index (χ1n) is 11.3. The van der Waals surface area contributed by atoms with Gasteiger partial charge in [0.05, 0.1) is 17.9 Å². The van der Waals surface area contributed by atoms with Gasteiger partial charge < -0.3 is 14.6 Å². The van der Waals surface area contributed by atoms with E-state index in [1.165, 1.54) is 6.26 Å². The molecule has 0 bridgehead atoms. The molecule has 1 aromatic carbocycles. The average Bonchev–Trinajstić information content (AvgIpc) is 3.17. The van der Waals surface area contributed by atoms with Gasteiger partial charge in [0.15, 0.2) is 0 Å². The van der Waals surface area contributed by atoms with Gasteiger partial charge in [-0.15, -0.1) is 0 Å². The molecule has 1 aliphatic heterocycles. The smallest absolute Gasteiger partial charge is 0.256 e. The van der Waals surface area contributed by atoms with Crippen LogP contribution in [-0.2, 0) is 11.3 Å². The van der Waals surface area contributed by atoms with Crippen LogP contribution in [0.1, 0.15) is 71.2 Å². The van der Waals surface area contributed by atoms with Crippen molar-refractivity contribution in [3.05, 3.63) is 70.1 Å². The van der Waals surface area contributed by atoms with E-state index in [0.717, 1.165) is 35.4 Å². The molecule has 2 atom stereocenters. The van der Waals surface area contributed by atoms with Crippen LogP contribution in [0.15, 0.2) is 35.1 Å². The lowest BCUT2D eigenvalue weighted by molar-refractivity contribution is -0.0384. The van der Waals surface area contributed by atoms with E-state index in [1.54, 1.807) is 6.92 Å². The maximum Gasteiger partial charge on any atom is 0.256 e. The highest BCUT2D eigenvalue weighted by Gasteiger charge is 2.29. The Morgan fingerprint density at radius 1 is 1.12 bits per heavy atom. The van der Waals surface area contributed by atoms with Crippen LogP contribution in [0.25, 0.3) is 11.1 Å². The summed E-state index contributed by atoms with van der Waals surface area (Å²) in [5.41, 5.74) is 5.32. The lowest BCUT2D eigenvalue weighted by Crippen LogP contribution is -2.29. The number of pyridine rings is 1. The summed E-state index contributed by atoms with van der Waals surface area (Å²) in [7, 11) is 0. The van der Waals surface area contributed by atoms with Crippen LogP contribution >= 0.6 is 0 Å². The van der Waals surface area contributed by atoms with Gasteiger partial charge in [0.1, 0.15) is 17.6 Å². The molecule has 174 valence electrons. The standard InChI is InChI=1S/C26H30FN3O3/c1-14-8-19(9-15(2)29-14)21-6-7-22(20-10-16(3)33-17(4)11-20)25(27)23(21)12-28-26(31)24-13-32-30-18(24)5/h6-9,13,16-17,20H,10-12H2,1-5H3,(H,28,31). The number of carbonyl (C=O) groups is 1. The minimum atomic E-state index is -0.347. The summed E-state index contributed by atoms with van der Waals surface area (Å²) in [6.45, 7) is 9.64. The van der Waals surface area contributed by atoms with Crippen molar-refractivity contribution in [3.63, 3.8) is 0 Å². The number of nitrogens with zero attached hydrogens (tertiary/aromatic N) is 2. The van der Waals surface area contributed by atoms with Crippen LogP contribution in [0.3, 0.4) is 0 Å². The number of ether oxygens (including phenoxy) is 1. The predicted octanol–water partition coefficient (Wildman–Crippen LogP) is 5.40. The third-order valence-corrected chi connectivity index (χ3v) is 6.22. The molecule has 0 aliphatic carbocycles. The first kappa shape index (κ1) is 23.1. The number of carbonyl (C=O) groups excluding carboxylic acids is 1. The zero-order valence-electron chi connectivity index (χ0n) is 19.7. The molecule has 1 saturated heterocycles. The fourth-order valence-corrected chi connectivity index (χ4v) is 4.82. The van der Waals surface area contributed by atoms with E-state index in [0.29, 0.717) is 22.4 Å². The number of rotatable bonds is 5. The number of amides is 1. The Morgan fingerprint density at radius 3 is 2.39 bits per heavy atom. The van der Waals surface area contributed by atoms with E-state index in [9.17, 15) is 4.79 Å². The Kier molecular flexibility index (Phi) is 6.61. The lowest BCUT2D eigenvalue weighted by Gasteiger charge is -2.33. The molecular weight excluding hydrogens is 421 g/mol. The fourth-order valence-electron chi connectivity index (χ4n) is 4.82. The molecule has 0 radical (unpaired) electrons. The second kappa shape index (κ2) is 9.43. The molecule has 1 amide bonds. The first-order valence-corrected chi connectivity index (χ1v) is 11.3. The molecule has 7 heteroatoms. The summed E-state index contributed by atoms with van der Waals surface area (Å²) in [4.78, 5) is 17.1. The summed E-state index contributed by atoms with van der Waals surface area (Å²) in [6, 6.07) is 7.73. The second-order valence-corrected chi connectivity index (χ2v) is 9.06. The molecule has 3 heterocycles. The van der Waals surface area contributed by atoms with Crippen LogP contribution in [0, 0.1) is 26.6 Å². The molecule has 0 spiro atoms. The monoisotopic (exact) mass is 451 g/mol. The maximum atomic E-state index is 16.1. The molecule has 6 nitrogen and oxygen atoms in total. The third kappa shape index (κ3) is 4.98. The maximum absolute atomic E-state index is 16.1. The topological polar surface area (TPSA) is 77.2 Å². The molecule has 1 aliphatic rings. The van der Waals surface area contributed by atoms with Crippen molar-refractivity contribution in [2.24, 2.45) is 0 Å². The zero-order chi connectivity index (χ0) is 23.7. The number of hydrogen-bond donors (Lipinski definition) is 1. The van der Waals surface area contributed by atoms with E-state index in [1.807, 2.05) is 52.0 Å². The largest absolute Gasteiger partial charge is 0.376 e. The van der Waals surface area contributed by atoms with E-state index in [2.05, 4.69) is 15.5 Å². The van der Waals surface area contributed by atoms with Crippen LogP contribution in [0.4, 0.5) is 4.39 Å². The Morgan fingerprint density at radius 2 is 1.79 bits per heavy atom. The van der Waals surface area contributed by atoms with Gasteiger partial charge in [-0.2, -0.15) is 0 Å².